The van der Waals surface area contributed by atoms with Crippen molar-refractivity contribution in [2.24, 2.45) is 0 Å². The van der Waals surface area contributed by atoms with Crippen molar-refractivity contribution >= 4 is 53.4 Å². The van der Waals surface area contributed by atoms with Crippen molar-refractivity contribution in [2.75, 3.05) is 29.8 Å². The van der Waals surface area contributed by atoms with Gasteiger partial charge in [-0.05, 0) is 29.8 Å². The smallest absolute Gasteiger partial charge is 0.188 e. The first-order valence-electron chi connectivity index (χ1n) is 10.3. The Morgan fingerprint density at radius 2 is 1.13 bits per heavy atom. The number of benzene rings is 3. The summed E-state index contributed by atoms with van der Waals surface area (Å²) in [6.45, 7) is 3.36. The van der Waals surface area contributed by atoms with E-state index in [1.165, 1.54) is 15.0 Å². The summed E-state index contributed by atoms with van der Waals surface area (Å²) in [5.41, 5.74) is 3.45. The summed E-state index contributed by atoms with van der Waals surface area (Å²) >= 11 is 3.52. The summed E-state index contributed by atoms with van der Waals surface area (Å²) in [6, 6.07) is 27.4. The predicted octanol–water partition coefficient (Wildman–Crippen LogP) is 5.61. The first-order valence-corrected chi connectivity index (χ1v) is 11.9. The van der Waals surface area contributed by atoms with Gasteiger partial charge in [-0.25, -0.2) is 9.97 Å². The molecule has 0 spiro atoms. The lowest BCUT2D eigenvalue weighted by Gasteiger charge is -2.42. The van der Waals surface area contributed by atoms with E-state index < -0.39 is 0 Å². The number of aromatic nitrogens is 2. The molecule has 5 aromatic rings. The number of fused-ring (bicyclic) bond motifs is 2. The molecule has 0 N–H and O–H groups in total. The van der Waals surface area contributed by atoms with Crippen LogP contribution in [-0.4, -0.2) is 34.9 Å². The minimum absolute atomic E-state index is 0.783. The molecule has 154 valence electrons. The van der Waals surface area contributed by atoms with Gasteiger partial charge in [0, 0.05) is 6.54 Å². The van der Waals surface area contributed by atoms with Crippen molar-refractivity contribution in [2.45, 2.75) is 6.54 Å². The second kappa shape index (κ2) is 7.92. The third kappa shape index (κ3) is 3.76. The lowest BCUT2D eigenvalue weighted by atomic mass is 10.2. The average Bonchev–Trinajstić information content (AvgIpc) is 3.44. The number of hydrogen-bond donors (Lipinski definition) is 0. The molecule has 6 rings (SSSR count). The third-order valence-electron chi connectivity index (χ3n) is 5.44. The lowest BCUT2D eigenvalue weighted by molar-refractivity contribution is 0.234. The van der Waals surface area contributed by atoms with Gasteiger partial charge in [0.15, 0.2) is 10.3 Å². The van der Waals surface area contributed by atoms with Crippen molar-refractivity contribution < 1.29 is 0 Å². The molecule has 3 heterocycles. The number of nitrogens with zero attached hydrogens (tertiary/aromatic N) is 5. The van der Waals surface area contributed by atoms with Crippen LogP contribution in [0.2, 0.25) is 0 Å². The van der Waals surface area contributed by atoms with Gasteiger partial charge in [-0.1, -0.05) is 77.3 Å². The zero-order valence-electron chi connectivity index (χ0n) is 16.9. The highest BCUT2D eigenvalue weighted by atomic mass is 32.1. The molecule has 0 amide bonds. The van der Waals surface area contributed by atoms with Gasteiger partial charge in [0.05, 0.1) is 40.4 Å². The number of para-hydroxylation sites is 2. The van der Waals surface area contributed by atoms with Crippen LogP contribution in [0.25, 0.3) is 20.4 Å². The van der Waals surface area contributed by atoms with E-state index in [-0.39, 0.29) is 0 Å². The number of anilines is 2. The molecule has 5 nitrogen and oxygen atoms in total. The second-order valence-corrected chi connectivity index (χ2v) is 9.76. The highest BCUT2D eigenvalue weighted by molar-refractivity contribution is 7.22. The molecular formula is C24H21N5S2. The second-order valence-electron chi connectivity index (χ2n) is 7.75. The van der Waals surface area contributed by atoms with Gasteiger partial charge in [-0.15, -0.1) is 0 Å². The summed E-state index contributed by atoms with van der Waals surface area (Å²) in [5.74, 6) is 0. The summed E-state index contributed by atoms with van der Waals surface area (Å²) < 4.78 is 2.45. The minimum Gasteiger partial charge on any atom is -0.317 e. The molecule has 0 bridgehead atoms. The van der Waals surface area contributed by atoms with Crippen molar-refractivity contribution in [3.05, 3.63) is 84.4 Å². The Balaban J connectivity index is 1.34. The van der Waals surface area contributed by atoms with Crippen LogP contribution in [0, 0.1) is 0 Å². The molecule has 1 saturated heterocycles. The fourth-order valence-electron chi connectivity index (χ4n) is 4.00. The maximum absolute atomic E-state index is 4.92. The van der Waals surface area contributed by atoms with Gasteiger partial charge in [-0.3, -0.25) is 4.90 Å². The molecule has 1 aliphatic rings. The molecule has 31 heavy (non-hydrogen) atoms. The molecule has 0 radical (unpaired) electrons. The van der Waals surface area contributed by atoms with Gasteiger partial charge >= 0.3 is 0 Å². The van der Waals surface area contributed by atoms with Crippen LogP contribution in [0.5, 0.6) is 0 Å². The maximum atomic E-state index is 4.92. The SMILES string of the molecule is c1ccc(CN2CN(c3nc4ccccc4s3)CN(c3nc4ccccc4s3)C2)cc1. The number of thiazole rings is 2. The Labute approximate surface area is 188 Å². The summed E-state index contributed by atoms with van der Waals surface area (Å²) in [5, 5.41) is 2.12. The van der Waals surface area contributed by atoms with E-state index in [1.54, 1.807) is 22.7 Å². The quantitative estimate of drug-likeness (QED) is 0.361. The maximum Gasteiger partial charge on any atom is 0.188 e. The molecule has 2 aromatic heterocycles. The van der Waals surface area contributed by atoms with Gasteiger partial charge in [0.25, 0.3) is 0 Å². The highest BCUT2D eigenvalue weighted by Gasteiger charge is 2.27. The Kier molecular flexibility index (Phi) is 4.79. The Morgan fingerprint density at radius 3 is 1.68 bits per heavy atom. The topological polar surface area (TPSA) is 35.5 Å². The first kappa shape index (κ1) is 18.7. The summed E-state index contributed by atoms with van der Waals surface area (Å²) in [6.07, 6.45) is 0. The van der Waals surface area contributed by atoms with E-state index in [9.17, 15) is 0 Å². The Morgan fingerprint density at radius 1 is 0.613 bits per heavy atom. The van der Waals surface area contributed by atoms with Crippen molar-refractivity contribution in [1.29, 1.82) is 0 Å². The molecule has 0 atom stereocenters. The zero-order chi connectivity index (χ0) is 20.6. The van der Waals surface area contributed by atoms with Crippen LogP contribution in [0.1, 0.15) is 5.56 Å². The van der Waals surface area contributed by atoms with E-state index in [4.69, 9.17) is 9.97 Å². The molecule has 0 aliphatic carbocycles. The van der Waals surface area contributed by atoms with Crippen molar-refractivity contribution in [3.8, 4) is 0 Å². The van der Waals surface area contributed by atoms with Crippen LogP contribution in [0.4, 0.5) is 10.3 Å². The fourth-order valence-corrected chi connectivity index (χ4v) is 5.90. The van der Waals surface area contributed by atoms with E-state index in [2.05, 4.69) is 93.6 Å². The molecule has 7 heteroatoms. The van der Waals surface area contributed by atoms with Crippen molar-refractivity contribution in [1.82, 2.24) is 14.9 Å². The predicted molar refractivity (Wildman–Crippen MR) is 131 cm³/mol. The van der Waals surface area contributed by atoms with Crippen LogP contribution in [0.15, 0.2) is 78.9 Å². The molecule has 0 unspecified atom stereocenters. The Hall–Kier alpha value is -3.00. The van der Waals surface area contributed by atoms with E-state index in [0.29, 0.717) is 0 Å². The highest BCUT2D eigenvalue weighted by Crippen LogP contribution is 2.34. The lowest BCUT2D eigenvalue weighted by Crippen LogP contribution is -2.55. The largest absolute Gasteiger partial charge is 0.317 e. The van der Waals surface area contributed by atoms with Crippen LogP contribution >= 0.6 is 22.7 Å². The zero-order valence-corrected chi connectivity index (χ0v) is 18.5. The average molecular weight is 444 g/mol. The molecular weight excluding hydrogens is 422 g/mol. The Bertz CT molecular complexity index is 1180. The van der Waals surface area contributed by atoms with Crippen LogP contribution < -0.4 is 9.80 Å². The molecule has 3 aromatic carbocycles. The minimum atomic E-state index is 0.783. The van der Waals surface area contributed by atoms with Gasteiger partial charge in [0.2, 0.25) is 0 Å². The molecule has 0 saturated carbocycles. The monoisotopic (exact) mass is 443 g/mol. The number of hydrogen-bond acceptors (Lipinski definition) is 7. The summed E-state index contributed by atoms with van der Waals surface area (Å²) in [7, 11) is 0. The summed E-state index contributed by atoms with van der Waals surface area (Å²) in [4.78, 5) is 17.0. The van der Waals surface area contributed by atoms with E-state index >= 15 is 0 Å². The number of rotatable bonds is 4. The van der Waals surface area contributed by atoms with Crippen molar-refractivity contribution in [3.63, 3.8) is 0 Å². The normalized spacial score (nSPS) is 15.2. The van der Waals surface area contributed by atoms with Gasteiger partial charge in [-0.2, -0.15) is 0 Å². The standard InChI is InChI=1S/C24H21N5S2/c1-2-8-18(9-3-1)14-27-15-28(23-25-19-10-4-6-12-21(19)30-23)17-29(16-27)24-26-20-11-5-7-13-22(20)31-24/h1-13H,14-17H2. The van der Waals surface area contributed by atoms with E-state index in [1.807, 2.05) is 0 Å². The third-order valence-corrected chi connectivity index (χ3v) is 7.63. The first-order chi connectivity index (χ1) is 15.3. The molecule has 1 aliphatic heterocycles. The fraction of sp³-hybridized carbons (Fsp3) is 0.167. The van der Waals surface area contributed by atoms with Crippen LogP contribution in [-0.2, 0) is 6.54 Å². The van der Waals surface area contributed by atoms with Gasteiger partial charge < -0.3 is 9.80 Å². The van der Waals surface area contributed by atoms with Gasteiger partial charge in [0.1, 0.15) is 0 Å². The molecule has 1 fully saturated rings. The van der Waals surface area contributed by atoms with E-state index in [0.717, 1.165) is 47.8 Å². The van der Waals surface area contributed by atoms with Crippen LogP contribution in [0.3, 0.4) is 0 Å².